The van der Waals surface area contributed by atoms with Crippen LogP contribution in [-0.2, 0) is 9.53 Å². The first-order valence-electron chi connectivity index (χ1n) is 6.22. The molecule has 0 radical (unpaired) electrons. The molecule has 1 aliphatic heterocycles. The maximum atomic E-state index is 13.7. The molecule has 0 aromatic heterocycles. The molecule has 1 aliphatic rings. The number of carbonyl (C=O) groups is 1. The number of nitrogens with two attached hydrogens (primary N) is 1. The van der Waals surface area contributed by atoms with Crippen molar-refractivity contribution in [2.75, 3.05) is 25.1 Å². The molecule has 1 aromatic carbocycles. The summed E-state index contributed by atoms with van der Waals surface area (Å²) in [6, 6.07) is 2.19. The molecule has 20 heavy (non-hydrogen) atoms. The van der Waals surface area contributed by atoms with Gasteiger partial charge in [0.2, 0.25) is 5.91 Å². The van der Waals surface area contributed by atoms with Crippen molar-refractivity contribution in [1.82, 2.24) is 0 Å². The van der Waals surface area contributed by atoms with Crippen molar-refractivity contribution in [2.24, 2.45) is 11.1 Å². The van der Waals surface area contributed by atoms with E-state index in [0.29, 0.717) is 26.1 Å². The zero-order valence-electron chi connectivity index (χ0n) is 10.7. The highest BCUT2D eigenvalue weighted by Crippen LogP contribution is 2.32. The summed E-state index contributed by atoms with van der Waals surface area (Å²) in [5.41, 5.74) is 4.41. The number of rotatable bonds is 3. The van der Waals surface area contributed by atoms with Gasteiger partial charge in [0.25, 0.3) is 0 Å². The minimum Gasteiger partial charge on any atom is -0.381 e. The molecule has 0 aliphatic carbocycles. The van der Waals surface area contributed by atoms with Crippen LogP contribution in [0.3, 0.4) is 0 Å². The van der Waals surface area contributed by atoms with E-state index in [-0.39, 0.29) is 11.0 Å². The lowest BCUT2D eigenvalue weighted by Gasteiger charge is -2.34. The largest absolute Gasteiger partial charge is 0.381 e. The first kappa shape index (κ1) is 15.3. The monoisotopic (exact) mass is 348 g/mol. The Kier molecular flexibility index (Phi) is 4.72. The lowest BCUT2D eigenvalue weighted by atomic mass is 9.79. The van der Waals surface area contributed by atoms with Crippen molar-refractivity contribution >= 4 is 27.5 Å². The normalized spacial score (nSPS) is 17.8. The first-order chi connectivity index (χ1) is 9.48. The van der Waals surface area contributed by atoms with E-state index in [4.69, 9.17) is 10.5 Å². The molecule has 0 spiro atoms. The van der Waals surface area contributed by atoms with Crippen molar-refractivity contribution in [1.29, 1.82) is 0 Å². The highest BCUT2D eigenvalue weighted by molar-refractivity contribution is 9.10. The molecule has 3 N–H and O–H groups in total. The van der Waals surface area contributed by atoms with Crippen LogP contribution in [0, 0.1) is 17.0 Å². The molecule has 1 saturated heterocycles. The molecular weight excluding hydrogens is 334 g/mol. The molecular formula is C13H15BrF2N2O2. The molecule has 0 saturated carbocycles. The Morgan fingerprint density at radius 1 is 1.35 bits per heavy atom. The van der Waals surface area contributed by atoms with Gasteiger partial charge < -0.3 is 15.8 Å². The fourth-order valence-corrected chi connectivity index (χ4v) is 2.60. The van der Waals surface area contributed by atoms with Gasteiger partial charge in [0, 0.05) is 24.2 Å². The Labute approximate surface area is 123 Å². The van der Waals surface area contributed by atoms with E-state index in [0.717, 1.165) is 12.1 Å². The number of amides is 1. The number of nitrogens with one attached hydrogen (secondary N) is 1. The zero-order valence-corrected chi connectivity index (χ0v) is 12.3. The first-order valence-corrected chi connectivity index (χ1v) is 7.02. The fourth-order valence-electron chi connectivity index (χ4n) is 2.19. The van der Waals surface area contributed by atoms with E-state index in [2.05, 4.69) is 21.2 Å². The van der Waals surface area contributed by atoms with E-state index >= 15 is 0 Å². The summed E-state index contributed by atoms with van der Waals surface area (Å²) in [7, 11) is 0. The quantitative estimate of drug-likeness (QED) is 0.881. The van der Waals surface area contributed by atoms with Crippen molar-refractivity contribution in [2.45, 2.75) is 12.8 Å². The van der Waals surface area contributed by atoms with Gasteiger partial charge in [0.05, 0.1) is 5.41 Å². The topological polar surface area (TPSA) is 64.4 Å². The van der Waals surface area contributed by atoms with Crippen LogP contribution in [-0.4, -0.2) is 25.7 Å². The van der Waals surface area contributed by atoms with Gasteiger partial charge in [-0.05, 0) is 25.0 Å². The average molecular weight is 349 g/mol. The van der Waals surface area contributed by atoms with Gasteiger partial charge in [0.15, 0.2) is 11.6 Å². The van der Waals surface area contributed by atoms with Crippen LogP contribution in [0.4, 0.5) is 14.5 Å². The summed E-state index contributed by atoms with van der Waals surface area (Å²) in [5, 5.41) is 2.32. The van der Waals surface area contributed by atoms with E-state index < -0.39 is 28.6 Å². The van der Waals surface area contributed by atoms with Crippen LogP contribution < -0.4 is 11.1 Å². The predicted octanol–water partition coefficient (Wildman–Crippen LogP) is 2.42. The van der Waals surface area contributed by atoms with Gasteiger partial charge in [-0.1, -0.05) is 15.9 Å². The smallest absolute Gasteiger partial charge is 0.232 e. The second-order valence-corrected chi connectivity index (χ2v) is 5.71. The van der Waals surface area contributed by atoms with Crippen LogP contribution in [0.15, 0.2) is 16.6 Å². The number of anilines is 1. The summed E-state index contributed by atoms with van der Waals surface area (Å²) >= 11 is 2.98. The zero-order chi connectivity index (χ0) is 14.8. The van der Waals surface area contributed by atoms with Crippen LogP contribution in [0.1, 0.15) is 12.8 Å². The van der Waals surface area contributed by atoms with Crippen LogP contribution in [0.2, 0.25) is 0 Å². The lowest BCUT2D eigenvalue weighted by Crippen LogP contribution is -2.46. The Balaban J connectivity index is 2.23. The highest BCUT2D eigenvalue weighted by atomic mass is 79.9. The van der Waals surface area contributed by atoms with Gasteiger partial charge in [0.1, 0.15) is 5.69 Å². The maximum absolute atomic E-state index is 13.7. The molecule has 2 rings (SSSR count). The Hall–Kier alpha value is -1.05. The molecule has 4 nitrogen and oxygen atoms in total. The van der Waals surface area contributed by atoms with Crippen LogP contribution >= 0.6 is 15.9 Å². The van der Waals surface area contributed by atoms with Gasteiger partial charge in [-0.25, -0.2) is 8.78 Å². The SMILES string of the molecule is NCC1(C(=O)Nc2c(F)cc(Br)cc2F)CCOCC1. The van der Waals surface area contributed by atoms with E-state index in [1.165, 1.54) is 0 Å². The standard InChI is InChI=1S/C13H15BrF2N2O2/c14-8-5-9(15)11(10(16)6-8)18-12(19)13(7-17)1-3-20-4-2-13/h5-6H,1-4,7,17H2,(H,18,19). The highest BCUT2D eigenvalue weighted by Gasteiger charge is 2.39. The van der Waals surface area contributed by atoms with Gasteiger partial charge in [-0.3, -0.25) is 4.79 Å². The van der Waals surface area contributed by atoms with Crippen molar-refractivity contribution in [3.8, 4) is 0 Å². The Bertz CT molecular complexity index is 496. The molecule has 1 heterocycles. The van der Waals surface area contributed by atoms with Gasteiger partial charge >= 0.3 is 0 Å². The molecule has 0 atom stereocenters. The third kappa shape index (κ3) is 2.99. The number of carbonyl (C=O) groups excluding carboxylic acids is 1. The van der Waals surface area contributed by atoms with Gasteiger partial charge in [-0.2, -0.15) is 0 Å². The number of hydrogen-bond donors (Lipinski definition) is 2. The second kappa shape index (κ2) is 6.15. The molecule has 7 heteroatoms. The summed E-state index contributed by atoms with van der Waals surface area (Å²) in [6.45, 7) is 0.938. The molecule has 1 fully saturated rings. The van der Waals surface area contributed by atoms with E-state index in [1.807, 2.05) is 0 Å². The Morgan fingerprint density at radius 3 is 2.40 bits per heavy atom. The third-order valence-electron chi connectivity index (χ3n) is 3.57. The van der Waals surface area contributed by atoms with Crippen molar-refractivity contribution < 1.29 is 18.3 Å². The van der Waals surface area contributed by atoms with E-state index in [1.54, 1.807) is 0 Å². The summed E-state index contributed by atoms with van der Waals surface area (Å²) in [5.74, 6) is -2.13. The molecule has 0 bridgehead atoms. The maximum Gasteiger partial charge on any atom is 0.232 e. The summed E-state index contributed by atoms with van der Waals surface area (Å²) in [6.07, 6.45) is 0.879. The number of ether oxygens (including phenoxy) is 1. The number of benzene rings is 1. The minimum atomic E-state index is -0.829. The van der Waals surface area contributed by atoms with Crippen molar-refractivity contribution in [3.05, 3.63) is 28.2 Å². The lowest BCUT2D eigenvalue weighted by molar-refractivity contribution is -0.130. The summed E-state index contributed by atoms with van der Waals surface area (Å²) in [4.78, 5) is 12.3. The third-order valence-corrected chi connectivity index (χ3v) is 4.03. The molecule has 1 amide bonds. The van der Waals surface area contributed by atoms with Crippen LogP contribution in [0.25, 0.3) is 0 Å². The van der Waals surface area contributed by atoms with Gasteiger partial charge in [-0.15, -0.1) is 0 Å². The molecule has 0 unspecified atom stereocenters. The number of halogens is 3. The fraction of sp³-hybridized carbons (Fsp3) is 0.462. The average Bonchev–Trinajstić information content (AvgIpc) is 2.43. The summed E-state index contributed by atoms with van der Waals surface area (Å²) < 4.78 is 32.9. The molecule has 1 aromatic rings. The minimum absolute atomic E-state index is 0.113. The van der Waals surface area contributed by atoms with Crippen molar-refractivity contribution in [3.63, 3.8) is 0 Å². The Morgan fingerprint density at radius 2 is 1.90 bits per heavy atom. The number of hydrogen-bond acceptors (Lipinski definition) is 3. The predicted molar refractivity (Wildman–Crippen MR) is 74.2 cm³/mol. The van der Waals surface area contributed by atoms with E-state index in [9.17, 15) is 13.6 Å². The van der Waals surface area contributed by atoms with Crippen LogP contribution in [0.5, 0.6) is 0 Å². The molecule has 110 valence electrons. The second-order valence-electron chi connectivity index (χ2n) is 4.80.